The molecule has 1 aliphatic heterocycles. The molecule has 1 atom stereocenters. The number of hydrogen-bond donors (Lipinski definition) is 2. The number of thiocarbonyl (C=S) groups is 1. The van der Waals surface area contributed by atoms with Crippen LogP contribution in [-0.4, -0.2) is 36.7 Å². The van der Waals surface area contributed by atoms with Gasteiger partial charge in [-0.3, -0.25) is 0 Å². The van der Waals surface area contributed by atoms with Gasteiger partial charge in [0, 0.05) is 18.8 Å². The van der Waals surface area contributed by atoms with Crippen LogP contribution in [0.1, 0.15) is 24.0 Å². The van der Waals surface area contributed by atoms with Gasteiger partial charge in [-0.25, -0.2) is 0 Å². The maximum atomic E-state index is 5.37. The van der Waals surface area contributed by atoms with E-state index in [0.29, 0.717) is 5.92 Å². The monoisotopic (exact) mass is 291 g/mol. The lowest BCUT2D eigenvalue weighted by Gasteiger charge is -2.30. The van der Waals surface area contributed by atoms with E-state index in [1.807, 2.05) is 0 Å². The molecule has 4 heteroatoms. The van der Waals surface area contributed by atoms with Crippen molar-refractivity contribution in [3.8, 4) is 0 Å². The van der Waals surface area contributed by atoms with Gasteiger partial charge >= 0.3 is 0 Å². The Bertz CT molecular complexity index is 473. The standard InChI is InChI=1S/C16H25N3S/c1-12-6-7-15(9-13(12)2)18-16(20)17-10-14-5-4-8-19(3)11-14/h6-7,9,14H,4-5,8,10-11H2,1-3H3,(H2,17,18,20)/t14-/m0/s1. The second-order valence-corrected chi connectivity index (χ2v) is 6.31. The van der Waals surface area contributed by atoms with Crippen LogP contribution in [0.4, 0.5) is 5.69 Å². The predicted octanol–water partition coefficient (Wildman–Crippen LogP) is 2.93. The van der Waals surface area contributed by atoms with Gasteiger partial charge in [-0.05, 0) is 81.7 Å². The highest BCUT2D eigenvalue weighted by Crippen LogP contribution is 2.15. The molecule has 1 aromatic rings. The highest BCUT2D eigenvalue weighted by atomic mass is 32.1. The fourth-order valence-corrected chi connectivity index (χ4v) is 2.87. The first kappa shape index (κ1) is 15.3. The van der Waals surface area contributed by atoms with Crippen molar-refractivity contribution in [2.75, 3.05) is 32.0 Å². The van der Waals surface area contributed by atoms with E-state index >= 15 is 0 Å². The first-order valence-corrected chi connectivity index (χ1v) is 7.76. The zero-order valence-corrected chi connectivity index (χ0v) is 13.5. The smallest absolute Gasteiger partial charge is 0.170 e. The Balaban J connectivity index is 1.78. The van der Waals surface area contributed by atoms with E-state index < -0.39 is 0 Å². The summed E-state index contributed by atoms with van der Waals surface area (Å²) in [5.74, 6) is 0.702. The summed E-state index contributed by atoms with van der Waals surface area (Å²) in [6.45, 7) is 7.59. The molecule has 3 nitrogen and oxygen atoms in total. The van der Waals surface area contributed by atoms with Crippen LogP contribution < -0.4 is 10.6 Å². The summed E-state index contributed by atoms with van der Waals surface area (Å²) < 4.78 is 0. The number of nitrogens with zero attached hydrogens (tertiary/aromatic N) is 1. The van der Waals surface area contributed by atoms with Crippen molar-refractivity contribution in [2.24, 2.45) is 5.92 Å². The zero-order chi connectivity index (χ0) is 14.5. The van der Waals surface area contributed by atoms with Crippen LogP contribution in [-0.2, 0) is 0 Å². The van der Waals surface area contributed by atoms with Crippen LogP contribution in [0.3, 0.4) is 0 Å². The molecule has 0 saturated carbocycles. The number of likely N-dealkylation sites (tertiary alicyclic amines) is 1. The number of hydrogen-bond acceptors (Lipinski definition) is 2. The summed E-state index contributed by atoms with van der Waals surface area (Å²) in [4.78, 5) is 2.40. The van der Waals surface area contributed by atoms with E-state index in [2.05, 4.69) is 54.6 Å². The van der Waals surface area contributed by atoms with Gasteiger partial charge in [0.15, 0.2) is 5.11 Å². The summed E-state index contributed by atoms with van der Waals surface area (Å²) in [6.07, 6.45) is 2.59. The highest BCUT2D eigenvalue weighted by Gasteiger charge is 2.16. The van der Waals surface area contributed by atoms with Gasteiger partial charge in [0.05, 0.1) is 0 Å². The first-order chi connectivity index (χ1) is 9.54. The molecule has 2 rings (SSSR count). The lowest BCUT2D eigenvalue weighted by Crippen LogP contribution is -2.40. The van der Waals surface area contributed by atoms with Crippen LogP contribution >= 0.6 is 12.2 Å². The molecule has 0 unspecified atom stereocenters. The van der Waals surface area contributed by atoms with Gasteiger partial charge in [-0.2, -0.15) is 0 Å². The minimum atomic E-state index is 0.702. The van der Waals surface area contributed by atoms with Crippen LogP contribution in [0.2, 0.25) is 0 Å². The minimum absolute atomic E-state index is 0.702. The summed E-state index contributed by atoms with van der Waals surface area (Å²) in [5, 5.41) is 7.34. The van der Waals surface area contributed by atoms with Crippen LogP contribution in [0.25, 0.3) is 0 Å². The summed E-state index contributed by atoms with van der Waals surface area (Å²) in [5.41, 5.74) is 3.65. The third-order valence-electron chi connectivity index (χ3n) is 4.04. The molecule has 0 aromatic heterocycles. The number of piperidine rings is 1. The number of aryl methyl sites for hydroxylation is 2. The molecular formula is C16H25N3S. The van der Waals surface area contributed by atoms with Crippen LogP contribution in [0.5, 0.6) is 0 Å². The predicted molar refractivity (Wildman–Crippen MR) is 90.4 cm³/mol. The van der Waals surface area contributed by atoms with E-state index in [1.165, 1.54) is 37.1 Å². The summed E-state index contributed by atoms with van der Waals surface area (Å²) >= 11 is 5.37. The number of anilines is 1. The average Bonchev–Trinajstić information content (AvgIpc) is 2.41. The minimum Gasteiger partial charge on any atom is -0.362 e. The Labute approximate surface area is 127 Å². The van der Waals surface area contributed by atoms with E-state index in [1.54, 1.807) is 0 Å². The number of benzene rings is 1. The Morgan fingerprint density at radius 3 is 2.85 bits per heavy atom. The van der Waals surface area contributed by atoms with Crippen molar-refractivity contribution in [3.05, 3.63) is 29.3 Å². The molecule has 1 fully saturated rings. The molecule has 20 heavy (non-hydrogen) atoms. The normalized spacial score (nSPS) is 19.6. The maximum Gasteiger partial charge on any atom is 0.170 e. The van der Waals surface area contributed by atoms with Gasteiger partial charge in [0.1, 0.15) is 0 Å². The molecule has 1 aromatic carbocycles. The lowest BCUT2D eigenvalue weighted by atomic mass is 9.99. The molecule has 1 heterocycles. The van der Waals surface area contributed by atoms with Crippen molar-refractivity contribution in [1.29, 1.82) is 0 Å². The Morgan fingerprint density at radius 1 is 1.35 bits per heavy atom. The van der Waals surface area contributed by atoms with Gasteiger partial charge in [0.25, 0.3) is 0 Å². The van der Waals surface area contributed by atoms with Crippen molar-refractivity contribution in [2.45, 2.75) is 26.7 Å². The van der Waals surface area contributed by atoms with E-state index in [-0.39, 0.29) is 0 Å². The van der Waals surface area contributed by atoms with E-state index in [9.17, 15) is 0 Å². The molecule has 0 radical (unpaired) electrons. The fraction of sp³-hybridized carbons (Fsp3) is 0.562. The van der Waals surface area contributed by atoms with Gasteiger partial charge in [-0.1, -0.05) is 6.07 Å². The van der Waals surface area contributed by atoms with Gasteiger partial charge in [-0.15, -0.1) is 0 Å². The van der Waals surface area contributed by atoms with Crippen molar-refractivity contribution < 1.29 is 0 Å². The average molecular weight is 291 g/mol. The Morgan fingerprint density at radius 2 is 2.15 bits per heavy atom. The molecule has 110 valence electrons. The number of nitrogens with one attached hydrogen (secondary N) is 2. The second kappa shape index (κ2) is 7.04. The number of rotatable bonds is 3. The molecule has 0 amide bonds. The maximum absolute atomic E-state index is 5.37. The SMILES string of the molecule is Cc1ccc(NC(=S)NC[C@@H]2CCCN(C)C2)cc1C. The van der Waals surface area contributed by atoms with Gasteiger partial charge in [0.2, 0.25) is 0 Å². The zero-order valence-electron chi connectivity index (χ0n) is 12.7. The Hall–Kier alpha value is -1.13. The summed E-state index contributed by atoms with van der Waals surface area (Å²) in [6, 6.07) is 6.33. The molecule has 2 N–H and O–H groups in total. The third-order valence-corrected chi connectivity index (χ3v) is 4.28. The quantitative estimate of drug-likeness (QED) is 0.837. The van der Waals surface area contributed by atoms with Gasteiger partial charge < -0.3 is 15.5 Å². The largest absolute Gasteiger partial charge is 0.362 e. The van der Waals surface area contributed by atoms with Crippen molar-refractivity contribution >= 4 is 23.0 Å². The lowest BCUT2D eigenvalue weighted by molar-refractivity contribution is 0.211. The van der Waals surface area contributed by atoms with E-state index in [4.69, 9.17) is 12.2 Å². The van der Waals surface area contributed by atoms with Crippen LogP contribution in [0, 0.1) is 19.8 Å². The topological polar surface area (TPSA) is 27.3 Å². The van der Waals surface area contributed by atoms with Crippen molar-refractivity contribution in [3.63, 3.8) is 0 Å². The first-order valence-electron chi connectivity index (χ1n) is 7.35. The second-order valence-electron chi connectivity index (χ2n) is 5.90. The molecule has 0 spiro atoms. The van der Waals surface area contributed by atoms with Crippen molar-refractivity contribution in [1.82, 2.24) is 10.2 Å². The van der Waals surface area contributed by atoms with E-state index in [0.717, 1.165) is 17.3 Å². The molecule has 1 saturated heterocycles. The molecule has 0 aliphatic carbocycles. The fourth-order valence-electron chi connectivity index (χ4n) is 2.67. The third kappa shape index (κ3) is 4.46. The molecule has 0 bridgehead atoms. The summed E-state index contributed by atoms with van der Waals surface area (Å²) in [7, 11) is 2.19. The highest BCUT2D eigenvalue weighted by molar-refractivity contribution is 7.80. The molecule has 1 aliphatic rings. The Kier molecular flexibility index (Phi) is 5.38. The molecular weight excluding hydrogens is 266 g/mol. The van der Waals surface area contributed by atoms with Crippen LogP contribution in [0.15, 0.2) is 18.2 Å².